The van der Waals surface area contributed by atoms with E-state index in [0.29, 0.717) is 18.0 Å². The van der Waals surface area contributed by atoms with Crippen LogP contribution in [-0.2, 0) is 23.0 Å². The second-order valence-corrected chi connectivity index (χ2v) is 7.92. The lowest BCUT2D eigenvalue weighted by molar-refractivity contribution is 0.590. The number of fused-ring (bicyclic) bond motifs is 1. The molecule has 1 aromatic carbocycles. The molecule has 0 amide bonds. The lowest BCUT2D eigenvalue weighted by Gasteiger charge is -2.20. The highest BCUT2D eigenvalue weighted by Crippen LogP contribution is 2.36. The molecule has 3 rings (SSSR count). The Labute approximate surface area is 129 Å². The maximum Gasteiger partial charge on any atom is 0.265 e. The third kappa shape index (κ3) is 2.37. The molecule has 1 N–H and O–H groups in total. The minimum atomic E-state index is -3.49. The monoisotopic (exact) mass is 322 g/mol. The van der Waals surface area contributed by atoms with E-state index in [0.717, 1.165) is 28.1 Å². The fourth-order valence-electron chi connectivity index (χ4n) is 2.78. The maximum atomic E-state index is 13.1. The standard InChI is InChI=1S/C15H18N2O2S2/c1-11-10-20-14(9-16-2)15(11)21(18,19)17-8-7-12-5-3-4-6-13(12)17/h3-6,10,16H,7-9H2,1-2H3. The Hall–Kier alpha value is -1.37. The van der Waals surface area contributed by atoms with Gasteiger partial charge in [0.1, 0.15) is 4.90 Å². The van der Waals surface area contributed by atoms with Crippen molar-refractivity contribution in [2.24, 2.45) is 0 Å². The van der Waals surface area contributed by atoms with E-state index in [1.165, 1.54) is 11.3 Å². The van der Waals surface area contributed by atoms with Crippen molar-refractivity contribution < 1.29 is 8.42 Å². The Kier molecular flexibility index (Phi) is 3.77. The predicted octanol–water partition coefficient (Wildman–Crippen LogP) is 2.53. The van der Waals surface area contributed by atoms with Crippen molar-refractivity contribution >= 4 is 27.0 Å². The molecular formula is C15H18N2O2S2. The van der Waals surface area contributed by atoms with Crippen LogP contribution in [0, 0.1) is 6.92 Å². The second kappa shape index (κ2) is 5.44. The van der Waals surface area contributed by atoms with Gasteiger partial charge in [-0.1, -0.05) is 18.2 Å². The van der Waals surface area contributed by atoms with Crippen LogP contribution >= 0.6 is 11.3 Å². The third-order valence-electron chi connectivity index (χ3n) is 3.72. The fourth-order valence-corrected chi connectivity index (χ4v) is 6.07. The van der Waals surface area contributed by atoms with Crippen LogP contribution in [0.1, 0.15) is 16.0 Å². The number of anilines is 1. The van der Waals surface area contributed by atoms with E-state index in [-0.39, 0.29) is 0 Å². The highest BCUT2D eigenvalue weighted by Gasteiger charge is 2.33. The first-order chi connectivity index (χ1) is 10.1. The van der Waals surface area contributed by atoms with E-state index in [2.05, 4.69) is 5.32 Å². The molecule has 0 spiro atoms. The van der Waals surface area contributed by atoms with Crippen molar-refractivity contribution in [3.63, 3.8) is 0 Å². The van der Waals surface area contributed by atoms with Crippen LogP contribution in [0.5, 0.6) is 0 Å². The number of hydrogen-bond acceptors (Lipinski definition) is 4. The molecular weight excluding hydrogens is 304 g/mol. The van der Waals surface area contributed by atoms with Crippen molar-refractivity contribution in [2.75, 3.05) is 17.9 Å². The summed E-state index contributed by atoms with van der Waals surface area (Å²) in [6, 6.07) is 7.73. The topological polar surface area (TPSA) is 49.4 Å². The molecule has 2 heterocycles. The van der Waals surface area contributed by atoms with E-state index in [1.54, 1.807) is 4.31 Å². The van der Waals surface area contributed by atoms with Crippen molar-refractivity contribution in [1.82, 2.24) is 5.32 Å². The largest absolute Gasteiger partial charge is 0.315 e. The number of aryl methyl sites for hydroxylation is 1. The fraction of sp³-hybridized carbons (Fsp3) is 0.333. The second-order valence-electron chi connectivity index (χ2n) is 5.16. The SMILES string of the molecule is CNCc1scc(C)c1S(=O)(=O)N1CCc2ccccc21. The van der Waals surface area contributed by atoms with Gasteiger partial charge in [0, 0.05) is 18.0 Å². The van der Waals surface area contributed by atoms with Crippen LogP contribution in [-0.4, -0.2) is 22.0 Å². The number of nitrogens with one attached hydrogen (secondary N) is 1. The molecule has 0 fully saturated rings. The molecule has 21 heavy (non-hydrogen) atoms. The van der Waals surface area contributed by atoms with Gasteiger partial charge in [-0.25, -0.2) is 8.42 Å². The number of sulfonamides is 1. The third-order valence-corrected chi connectivity index (χ3v) is 7.00. The summed E-state index contributed by atoms with van der Waals surface area (Å²) in [4.78, 5) is 1.35. The van der Waals surface area contributed by atoms with E-state index < -0.39 is 10.0 Å². The molecule has 0 bridgehead atoms. The van der Waals surface area contributed by atoms with E-state index in [9.17, 15) is 8.42 Å². The lowest BCUT2D eigenvalue weighted by Crippen LogP contribution is -2.30. The Morgan fingerprint density at radius 1 is 1.33 bits per heavy atom. The summed E-state index contributed by atoms with van der Waals surface area (Å²) in [5.41, 5.74) is 2.75. The van der Waals surface area contributed by atoms with Crippen LogP contribution in [0.25, 0.3) is 0 Å². The Bertz CT molecular complexity index is 766. The first-order valence-electron chi connectivity index (χ1n) is 6.88. The molecule has 0 radical (unpaired) electrons. The molecule has 0 atom stereocenters. The highest BCUT2D eigenvalue weighted by atomic mass is 32.2. The van der Waals surface area contributed by atoms with Crippen LogP contribution in [0.2, 0.25) is 0 Å². The number of para-hydroxylation sites is 1. The van der Waals surface area contributed by atoms with Gasteiger partial charge in [0.05, 0.1) is 5.69 Å². The van der Waals surface area contributed by atoms with Gasteiger partial charge in [0.25, 0.3) is 10.0 Å². The van der Waals surface area contributed by atoms with Crippen molar-refractivity contribution in [1.29, 1.82) is 0 Å². The quantitative estimate of drug-likeness (QED) is 0.941. The zero-order chi connectivity index (χ0) is 15.0. The Balaban J connectivity index is 2.09. The van der Waals surface area contributed by atoms with Gasteiger partial charge in [0.15, 0.2) is 0 Å². The summed E-state index contributed by atoms with van der Waals surface area (Å²) < 4.78 is 27.7. The molecule has 0 saturated carbocycles. The van der Waals surface area contributed by atoms with Gasteiger partial charge in [-0.05, 0) is 43.0 Å². The molecule has 0 saturated heterocycles. The number of thiophene rings is 1. The van der Waals surface area contributed by atoms with Gasteiger partial charge in [-0.15, -0.1) is 11.3 Å². The van der Waals surface area contributed by atoms with E-state index >= 15 is 0 Å². The Morgan fingerprint density at radius 3 is 2.86 bits per heavy atom. The molecule has 112 valence electrons. The van der Waals surface area contributed by atoms with E-state index in [1.807, 2.05) is 43.6 Å². The molecule has 6 heteroatoms. The zero-order valence-corrected chi connectivity index (χ0v) is 13.7. The smallest absolute Gasteiger partial charge is 0.265 e. The average molecular weight is 322 g/mol. The number of rotatable bonds is 4. The molecule has 0 unspecified atom stereocenters. The van der Waals surface area contributed by atoms with E-state index in [4.69, 9.17) is 0 Å². The molecule has 1 aliphatic heterocycles. The van der Waals surface area contributed by atoms with Crippen molar-refractivity contribution in [3.05, 3.63) is 45.6 Å². The maximum absolute atomic E-state index is 13.1. The first-order valence-corrected chi connectivity index (χ1v) is 9.20. The van der Waals surface area contributed by atoms with Gasteiger partial charge in [-0.3, -0.25) is 4.31 Å². The van der Waals surface area contributed by atoms with Crippen LogP contribution in [0.4, 0.5) is 5.69 Å². The van der Waals surface area contributed by atoms with Gasteiger partial charge in [0.2, 0.25) is 0 Å². The van der Waals surface area contributed by atoms with Gasteiger partial charge >= 0.3 is 0 Å². The highest BCUT2D eigenvalue weighted by molar-refractivity contribution is 7.93. The molecule has 2 aromatic rings. The summed E-state index contributed by atoms with van der Waals surface area (Å²) in [5.74, 6) is 0. The zero-order valence-electron chi connectivity index (χ0n) is 12.1. The number of nitrogens with zero attached hydrogens (tertiary/aromatic N) is 1. The first kappa shape index (κ1) is 14.6. The van der Waals surface area contributed by atoms with Gasteiger partial charge in [-0.2, -0.15) is 0 Å². The molecule has 4 nitrogen and oxygen atoms in total. The molecule has 1 aliphatic rings. The minimum Gasteiger partial charge on any atom is -0.315 e. The summed E-state index contributed by atoms with van der Waals surface area (Å²) in [6.45, 7) is 2.96. The predicted molar refractivity (Wildman–Crippen MR) is 86.5 cm³/mol. The summed E-state index contributed by atoms with van der Waals surface area (Å²) in [6.07, 6.45) is 0.778. The molecule has 0 aliphatic carbocycles. The number of benzene rings is 1. The normalized spacial score (nSPS) is 14.5. The van der Waals surface area contributed by atoms with Crippen molar-refractivity contribution in [2.45, 2.75) is 24.8 Å². The Morgan fingerprint density at radius 2 is 2.10 bits per heavy atom. The number of hydrogen-bond donors (Lipinski definition) is 1. The average Bonchev–Trinajstić information content (AvgIpc) is 3.03. The van der Waals surface area contributed by atoms with Gasteiger partial charge < -0.3 is 5.32 Å². The summed E-state index contributed by atoms with van der Waals surface area (Å²) in [7, 11) is -1.66. The molecule has 1 aromatic heterocycles. The van der Waals surface area contributed by atoms with Crippen LogP contribution in [0.15, 0.2) is 34.5 Å². The summed E-state index contributed by atoms with van der Waals surface area (Å²) in [5, 5.41) is 4.97. The lowest BCUT2D eigenvalue weighted by atomic mass is 10.2. The van der Waals surface area contributed by atoms with Crippen molar-refractivity contribution in [3.8, 4) is 0 Å². The summed E-state index contributed by atoms with van der Waals surface area (Å²) >= 11 is 1.50. The van der Waals surface area contributed by atoms with Crippen LogP contribution < -0.4 is 9.62 Å². The van der Waals surface area contributed by atoms with Crippen LogP contribution in [0.3, 0.4) is 0 Å². The minimum absolute atomic E-state index is 0.471.